The summed E-state index contributed by atoms with van der Waals surface area (Å²) in [5.41, 5.74) is 0.848. The maximum Gasteiger partial charge on any atom is 0.469 e. The zero-order valence-corrected chi connectivity index (χ0v) is 10.2. The van der Waals surface area contributed by atoms with Crippen LogP contribution in [0.1, 0.15) is 18.6 Å². The molecule has 0 radical (unpaired) electrons. The normalized spacial score (nSPS) is 28.5. The molecule has 1 aromatic rings. The summed E-state index contributed by atoms with van der Waals surface area (Å²) in [7, 11) is -4.33. The molecule has 0 aromatic heterocycles. The minimum Gasteiger partial charge on any atom is -0.239 e. The summed E-state index contributed by atoms with van der Waals surface area (Å²) in [6.45, 7) is 1.74. The Hall–Kier alpha value is -1.21. The van der Waals surface area contributed by atoms with Gasteiger partial charge in [0.1, 0.15) is 12.7 Å². The second kappa shape index (κ2) is 4.23. The molecule has 1 aliphatic heterocycles. The number of hydrogen-bond acceptors (Lipinski definition) is 3. The number of benzene rings is 1. The fourth-order valence-corrected chi connectivity index (χ4v) is 2.51. The molecule has 0 saturated heterocycles. The highest BCUT2D eigenvalue weighted by molar-refractivity contribution is 7.80. The average molecular weight is 256 g/mol. The Morgan fingerprint density at radius 3 is 2.47 bits per heavy atom. The van der Waals surface area contributed by atoms with Crippen LogP contribution in [0.25, 0.3) is 0 Å². The first kappa shape index (κ1) is 12.3. The van der Waals surface area contributed by atoms with Crippen LogP contribution in [0.15, 0.2) is 42.6 Å². The van der Waals surface area contributed by atoms with E-state index in [1.54, 1.807) is 13.0 Å². The van der Waals surface area contributed by atoms with Gasteiger partial charge in [0.2, 0.25) is 0 Å². The van der Waals surface area contributed by atoms with Crippen molar-refractivity contribution in [2.24, 2.45) is 0 Å². The van der Waals surface area contributed by atoms with Crippen molar-refractivity contribution in [2.45, 2.75) is 13.0 Å². The molecule has 0 aliphatic carbocycles. The van der Waals surface area contributed by atoms with Crippen LogP contribution in [0.4, 0.5) is 0 Å². The largest absolute Gasteiger partial charge is 0.469 e. The highest BCUT2D eigenvalue weighted by Gasteiger charge is 2.46. The first-order valence-electron chi connectivity index (χ1n) is 5.26. The lowest BCUT2D eigenvalue weighted by Gasteiger charge is -2.23. The topological polar surface area (TPSA) is 63.6 Å². The van der Waals surface area contributed by atoms with Gasteiger partial charge in [0, 0.05) is 6.08 Å². The molecule has 0 amide bonds. The van der Waals surface area contributed by atoms with E-state index in [1.807, 2.05) is 30.3 Å². The second-order valence-corrected chi connectivity index (χ2v) is 5.28. The lowest BCUT2D eigenvalue weighted by Crippen LogP contribution is -2.45. The first-order chi connectivity index (χ1) is 7.98. The third kappa shape index (κ3) is 2.12. The van der Waals surface area contributed by atoms with Crippen molar-refractivity contribution in [1.82, 2.24) is 0 Å². The molecule has 1 N–H and O–H groups in total. The summed E-state index contributed by atoms with van der Waals surface area (Å²) in [6, 6.07) is 9.24. The molecular weight excluding hydrogens is 242 g/mol. The zero-order valence-electron chi connectivity index (χ0n) is 9.35. The Balaban J connectivity index is 2.30. The summed E-state index contributed by atoms with van der Waals surface area (Å²) < 4.78 is 30.9. The van der Waals surface area contributed by atoms with Crippen LogP contribution >= 0.6 is 0 Å². The van der Waals surface area contributed by atoms with E-state index in [0.717, 1.165) is 5.56 Å². The molecule has 1 aromatic carbocycles. The van der Waals surface area contributed by atoms with Crippen LogP contribution in [-0.2, 0) is 15.1 Å². The van der Waals surface area contributed by atoms with Crippen LogP contribution in [-0.4, -0.2) is 23.6 Å². The molecule has 0 saturated carbocycles. The molecular formula is C11H14NO4S+. The van der Waals surface area contributed by atoms with Crippen LogP contribution in [0.2, 0.25) is 0 Å². The van der Waals surface area contributed by atoms with Crippen molar-refractivity contribution in [1.29, 1.82) is 0 Å². The molecule has 0 bridgehead atoms. The molecule has 1 heterocycles. The van der Waals surface area contributed by atoms with Crippen molar-refractivity contribution in [3.8, 4) is 0 Å². The zero-order chi connectivity index (χ0) is 12.5. The number of nitrogens with zero attached hydrogens (tertiary/aromatic N) is 1. The number of hydrogen-bond donors (Lipinski definition) is 1. The van der Waals surface area contributed by atoms with Gasteiger partial charge in [0.05, 0.1) is 0 Å². The molecule has 0 fully saturated rings. The third-order valence-electron chi connectivity index (χ3n) is 2.74. The molecule has 6 heteroatoms. The molecule has 92 valence electrons. The number of quaternary nitrogens is 1. The Labute approximate surface area is 100 Å². The summed E-state index contributed by atoms with van der Waals surface area (Å²) in [6.07, 6.45) is 2.53. The van der Waals surface area contributed by atoms with E-state index in [-0.39, 0.29) is 6.54 Å². The Morgan fingerprint density at radius 1 is 1.35 bits per heavy atom. The Kier molecular flexibility index (Phi) is 3.05. The summed E-state index contributed by atoms with van der Waals surface area (Å²) in [4.78, 5) is 5.44. The lowest BCUT2D eigenvalue weighted by molar-refractivity contribution is -0.965. The van der Waals surface area contributed by atoms with Gasteiger partial charge < -0.3 is 0 Å². The van der Waals surface area contributed by atoms with Gasteiger partial charge in [-0.15, -0.1) is 8.42 Å². The Bertz CT molecular complexity index is 526. The fraction of sp³-hybridized carbons (Fsp3) is 0.273. The predicted molar refractivity (Wildman–Crippen MR) is 61.8 cm³/mol. The highest BCUT2D eigenvalue weighted by Crippen LogP contribution is 2.33. The molecule has 0 spiro atoms. The minimum absolute atomic E-state index is 0.110. The summed E-state index contributed by atoms with van der Waals surface area (Å²) in [5, 5.41) is 0. The van der Waals surface area contributed by atoms with E-state index in [2.05, 4.69) is 0 Å². The maximum absolute atomic E-state index is 11.3. The molecule has 5 nitrogen and oxygen atoms in total. The van der Waals surface area contributed by atoms with Gasteiger partial charge in [-0.25, -0.2) is 4.55 Å². The van der Waals surface area contributed by atoms with E-state index >= 15 is 0 Å². The van der Waals surface area contributed by atoms with Crippen LogP contribution in [0.3, 0.4) is 0 Å². The monoisotopic (exact) mass is 256 g/mol. The van der Waals surface area contributed by atoms with E-state index in [4.69, 9.17) is 4.84 Å². The highest BCUT2D eigenvalue weighted by atomic mass is 32.2. The molecule has 2 rings (SSSR count). The first-order valence-corrected chi connectivity index (χ1v) is 6.66. The minimum atomic E-state index is -4.33. The van der Waals surface area contributed by atoms with E-state index in [9.17, 15) is 13.0 Å². The molecule has 2 unspecified atom stereocenters. The molecule has 17 heavy (non-hydrogen) atoms. The second-order valence-electron chi connectivity index (χ2n) is 3.77. The summed E-state index contributed by atoms with van der Waals surface area (Å²) >= 11 is 0. The van der Waals surface area contributed by atoms with Crippen molar-refractivity contribution >= 4 is 10.3 Å². The van der Waals surface area contributed by atoms with Gasteiger partial charge in [-0.1, -0.05) is 30.3 Å². The number of hydroxylamine groups is 2. The summed E-state index contributed by atoms with van der Waals surface area (Å²) in [5.74, 6) is 0. The maximum atomic E-state index is 11.3. The molecule has 2 atom stereocenters. The van der Waals surface area contributed by atoms with E-state index in [0.29, 0.717) is 0 Å². The SMILES string of the molecule is CC[N+]1(S(=O)(=O)O)C=CC(c2ccccc2)O1. The Morgan fingerprint density at radius 2 is 2.00 bits per heavy atom. The lowest BCUT2D eigenvalue weighted by atomic mass is 10.1. The van der Waals surface area contributed by atoms with Gasteiger partial charge in [-0.05, 0) is 16.5 Å². The van der Waals surface area contributed by atoms with Gasteiger partial charge in [-0.2, -0.15) is 4.84 Å². The fourth-order valence-electron chi connectivity index (χ4n) is 1.76. The van der Waals surface area contributed by atoms with E-state index < -0.39 is 20.5 Å². The smallest absolute Gasteiger partial charge is 0.239 e. The quantitative estimate of drug-likeness (QED) is 0.662. The van der Waals surface area contributed by atoms with Crippen molar-refractivity contribution in [3.05, 3.63) is 48.2 Å². The van der Waals surface area contributed by atoms with Gasteiger partial charge in [0.25, 0.3) is 0 Å². The van der Waals surface area contributed by atoms with E-state index in [1.165, 1.54) is 6.20 Å². The predicted octanol–water partition coefficient (Wildman–Crippen LogP) is 1.83. The van der Waals surface area contributed by atoms with Crippen molar-refractivity contribution in [2.75, 3.05) is 6.54 Å². The standard InChI is InChI=1S/C11H13NO4S/c1-2-12(17(13,14)15)9-8-11(16-12)10-6-4-3-5-7-10/h3-9,11H,2H2,1H3/p+1. The third-order valence-corrected chi connectivity index (χ3v) is 3.99. The van der Waals surface area contributed by atoms with Gasteiger partial charge >= 0.3 is 10.3 Å². The van der Waals surface area contributed by atoms with Crippen LogP contribution in [0.5, 0.6) is 0 Å². The van der Waals surface area contributed by atoms with Crippen molar-refractivity contribution < 1.29 is 21.9 Å². The number of rotatable bonds is 3. The van der Waals surface area contributed by atoms with Crippen LogP contribution < -0.4 is 0 Å². The van der Waals surface area contributed by atoms with Gasteiger partial charge in [0.15, 0.2) is 6.10 Å². The average Bonchev–Trinajstić information content (AvgIpc) is 2.75. The van der Waals surface area contributed by atoms with Crippen molar-refractivity contribution in [3.63, 3.8) is 0 Å². The van der Waals surface area contributed by atoms with Crippen LogP contribution in [0, 0.1) is 0 Å². The molecule has 1 aliphatic rings. The van der Waals surface area contributed by atoms with Gasteiger partial charge in [-0.3, -0.25) is 0 Å².